The van der Waals surface area contributed by atoms with Crippen LogP contribution in [0.2, 0.25) is 0 Å². The van der Waals surface area contributed by atoms with Crippen molar-refractivity contribution in [3.05, 3.63) is 94.4 Å². The van der Waals surface area contributed by atoms with Crippen LogP contribution in [-0.2, 0) is 9.59 Å². The Morgan fingerprint density at radius 2 is 1.89 bits per heavy atom. The van der Waals surface area contributed by atoms with E-state index in [1.165, 1.54) is 4.90 Å². The third-order valence-corrected chi connectivity index (χ3v) is 4.93. The van der Waals surface area contributed by atoms with Crippen molar-refractivity contribution in [1.29, 1.82) is 0 Å². The lowest BCUT2D eigenvalue weighted by Crippen LogP contribution is -2.30. The highest BCUT2D eigenvalue weighted by Crippen LogP contribution is 2.41. The number of aromatic nitrogens is 2. The molecule has 1 fully saturated rings. The number of anilines is 1. The summed E-state index contributed by atoms with van der Waals surface area (Å²) in [4.78, 5) is 35.4. The molecule has 3 heterocycles. The lowest BCUT2D eigenvalue weighted by molar-refractivity contribution is -0.132. The van der Waals surface area contributed by atoms with Crippen molar-refractivity contribution >= 4 is 39.2 Å². The Bertz CT molecular complexity index is 1080. The summed E-state index contributed by atoms with van der Waals surface area (Å²) < 4.78 is 0.744. The van der Waals surface area contributed by atoms with Gasteiger partial charge in [0.05, 0.1) is 11.6 Å². The minimum atomic E-state index is -0.831. The summed E-state index contributed by atoms with van der Waals surface area (Å²) in [5.74, 6) is -1.43. The molecule has 1 atom stereocenters. The van der Waals surface area contributed by atoms with Gasteiger partial charge in [0.25, 0.3) is 5.78 Å². The molecule has 6 nitrogen and oxygen atoms in total. The zero-order chi connectivity index (χ0) is 19.7. The highest BCUT2D eigenvalue weighted by molar-refractivity contribution is 9.10. The number of hydrogen-bond acceptors (Lipinski definition) is 5. The van der Waals surface area contributed by atoms with Gasteiger partial charge in [-0.1, -0.05) is 40.2 Å². The normalized spacial score (nSPS) is 18.5. The monoisotopic (exact) mass is 435 g/mol. The van der Waals surface area contributed by atoms with E-state index in [4.69, 9.17) is 0 Å². The van der Waals surface area contributed by atoms with Crippen molar-refractivity contribution in [3.63, 3.8) is 0 Å². The molecule has 0 saturated carbocycles. The summed E-state index contributed by atoms with van der Waals surface area (Å²) in [6.07, 6.45) is 4.72. The number of Topliss-reactive ketones (excluding diaryl/α,β-unsaturated/α-hetero) is 1. The molecule has 0 radical (unpaired) electrons. The van der Waals surface area contributed by atoms with Crippen molar-refractivity contribution in [2.45, 2.75) is 6.04 Å². The standard InChI is InChI=1S/C21H14BrN3O3/c22-15-7-3-5-13(11-15)19(26)17-18(14-6-4-9-23-12-14)25(21(28)20(17)27)16-8-1-2-10-24-16/h1-12,18,26H/b19-17+. The molecule has 1 N–H and O–H groups in total. The summed E-state index contributed by atoms with van der Waals surface area (Å²) in [5.41, 5.74) is 1.04. The summed E-state index contributed by atoms with van der Waals surface area (Å²) in [6, 6.07) is 14.7. The van der Waals surface area contributed by atoms with Crippen LogP contribution >= 0.6 is 15.9 Å². The number of carbonyl (C=O) groups excluding carboxylic acids is 2. The minimum absolute atomic E-state index is 0.00162. The molecule has 1 amide bonds. The van der Waals surface area contributed by atoms with Crippen LogP contribution in [0.15, 0.2) is 83.2 Å². The number of aliphatic hydroxyl groups excluding tert-OH is 1. The summed E-state index contributed by atoms with van der Waals surface area (Å²) in [7, 11) is 0. The van der Waals surface area contributed by atoms with Crippen molar-refractivity contribution in [2.75, 3.05) is 4.90 Å². The fraction of sp³-hybridized carbons (Fsp3) is 0.0476. The van der Waals surface area contributed by atoms with Gasteiger partial charge in [0.15, 0.2) is 0 Å². The fourth-order valence-corrected chi connectivity index (χ4v) is 3.61. The van der Waals surface area contributed by atoms with Gasteiger partial charge in [-0.15, -0.1) is 0 Å². The number of aliphatic hydroxyl groups is 1. The van der Waals surface area contributed by atoms with Gasteiger partial charge in [-0.3, -0.25) is 19.5 Å². The average Bonchev–Trinajstić information content (AvgIpc) is 2.99. The van der Waals surface area contributed by atoms with E-state index >= 15 is 0 Å². The number of pyridine rings is 2. The molecular weight excluding hydrogens is 422 g/mol. The van der Waals surface area contributed by atoms with Gasteiger partial charge in [-0.05, 0) is 35.9 Å². The van der Waals surface area contributed by atoms with Crippen LogP contribution in [0.5, 0.6) is 0 Å². The second-order valence-corrected chi connectivity index (χ2v) is 7.07. The van der Waals surface area contributed by atoms with Gasteiger partial charge in [0.2, 0.25) is 0 Å². The number of nitrogens with zero attached hydrogens (tertiary/aromatic N) is 3. The number of rotatable bonds is 3. The number of halogens is 1. The molecule has 138 valence electrons. The lowest BCUT2D eigenvalue weighted by atomic mass is 9.96. The Balaban J connectivity index is 1.95. The smallest absolute Gasteiger partial charge is 0.301 e. The zero-order valence-corrected chi connectivity index (χ0v) is 16.1. The highest BCUT2D eigenvalue weighted by atomic mass is 79.9. The predicted octanol–water partition coefficient (Wildman–Crippen LogP) is 3.87. The first-order valence-electron chi connectivity index (χ1n) is 8.46. The topological polar surface area (TPSA) is 83.4 Å². The second-order valence-electron chi connectivity index (χ2n) is 6.15. The van der Waals surface area contributed by atoms with Crippen LogP contribution in [-0.4, -0.2) is 26.8 Å². The second kappa shape index (κ2) is 7.36. The molecule has 0 aliphatic carbocycles. The van der Waals surface area contributed by atoms with Crippen LogP contribution in [0.4, 0.5) is 5.82 Å². The molecule has 1 aliphatic heterocycles. The SMILES string of the molecule is O=C1C(=O)N(c2ccccn2)C(c2cccnc2)/C1=C(\O)c1cccc(Br)c1. The summed E-state index contributed by atoms with van der Waals surface area (Å²) in [5, 5.41) is 10.9. The fourth-order valence-electron chi connectivity index (χ4n) is 3.21. The van der Waals surface area contributed by atoms with E-state index in [0.717, 1.165) is 4.47 Å². The van der Waals surface area contributed by atoms with Gasteiger partial charge in [0, 0.05) is 28.6 Å². The third kappa shape index (κ3) is 3.10. The predicted molar refractivity (Wildman–Crippen MR) is 107 cm³/mol. The Morgan fingerprint density at radius 1 is 1.04 bits per heavy atom. The maximum absolute atomic E-state index is 12.9. The molecular formula is C21H14BrN3O3. The number of benzene rings is 1. The van der Waals surface area contributed by atoms with Crippen LogP contribution in [0.3, 0.4) is 0 Å². The maximum Gasteiger partial charge on any atom is 0.301 e. The van der Waals surface area contributed by atoms with Crippen molar-refractivity contribution in [1.82, 2.24) is 9.97 Å². The Hall–Kier alpha value is -3.32. The maximum atomic E-state index is 12.9. The third-order valence-electron chi connectivity index (χ3n) is 4.44. The molecule has 0 bridgehead atoms. The van der Waals surface area contributed by atoms with E-state index in [9.17, 15) is 14.7 Å². The van der Waals surface area contributed by atoms with Gasteiger partial charge in [-0.25, -0.2) is 4.98 Å². The molecule has 1 aromatic carbocycles. The minimum Gasteiger partial charge on any atom is -0.507 e. The number of hydrogen-bond donors (Lipinski definition) is 1. The first-order chi connectivity index (χ1) is 13.6. The van der Waals surface area contributed by atoms with E-state index in [-0.39, 0.29) is 11.3 Å². The zero-order valence-electron chi connectivity index (χ0n) is 14.5. The molecule has 1 aliphatic rings. The quantitative estimate of drug-likeness (QED) is 0.383. The first-order valence-corrected chi connectivity index (χ1v) is 9.25. The van der Waals surface area contributed by atoms with Crippen LogP contribution in [0, 0.1) is 0 Å². The average molecular weight is 436 g/mol. The molecule has 1 unspecified atom stereocenters. The first kappa shape index (κ1) is 18.1. The molecule has 0 spiro atoms. The van der Waals surface area contributed by atoms with E-state index in [1.807, 2.05) is 6.07 Å². The Kier molecular flexibility index (Phi) is 4.75. The van der Waals surface area contributed by atoms with E-state index < -0.39 is 17.7 Å². The molecule has 28 heavy (non-hydrogen) atoms. The van der Waals surface area contributed by atoms with E-state index in [0.29, 0.717) is 16.9 Å². The number of ketones is 1. The van der Waals surface area contributed by atoms with E-state index in [2.05, 4.69) is 25.9 Å². The lowest BCUT2D eigenvalue weighted by Gasteiger charge is -2.24. The largest absolute Gasteiger partial charge is 0.507 e. The van der Waals surface area contributed by atoms with Crippen molar-refractivity contribution in [3.8, 4) is 0 Å². The van der Waals surface area contributed by atoms with Crippen LogP contribution < -0.4 is 4.90 Å². The molecule has 4 rings (SSSR count). The Morgan fingerprint density at radius 3 is 2.57 bits per heavy atom. The van der Waals surface area contributed by atoms with Crippen molar-refractivity contribution in [2.24, 2.45) is 0 Å². The molecule has 3 aromatic rings. The highest BCUT2D eigenvalue weighted by Gasteiger charge is 2.47. The molecule has 1 saturated heterocycles. The Labute approximate surface area is 169 Å². The van der Waals surface area contributed by atoms with Gasteiger partial charge in [-0.2, -0.15) is 0 Å². The van der Waals surface area contributed by atoms with Crippen LogP contribution in [0.25, 0.3) is 5.76 Å². The van der Waals surface area contributed by atoms with E-state index in [1.54, 1.807) is 67.1 Å². The van der Waals surface area contributed by atoms with Gasteiger partial charge < -0.3 is 5.11 Å². The van der Waals surface area contributed by atoms with Crippen molar-refractivity contribution < 1.29 is 14.7 Å². The summed E-state index contributed by atoms with van der Waals surface area (Å²) >= 11 is 3.36. The number of carbonyl (C=O) groups is 2. The molecule has 7 heteroatoms. The summed E-state index contributed by atoms with van der Waals surface area (Å²) in [6.45, 7) is 0. The van der Waals surface area contributed by atoms with Crippen LogP contribution in [0.1, 0.15) is 17.2 Å². The number of amides is 1. The molecule has 2 aromatic heterocycles. The van der Waals surface area contributed by atoms with Gasteiger partial charge in [0.1, 0.15) is 11.6 Å². The van der Waals surface area contributed by atoms with Gasteiger partial charge >= 0.3 is 5.91 Å².